The van der Waals surface area contributed by atoms with E-state index >= 15 is 0 Å². The standard InChI is InChI=1S/C20H30N2O3S/c23-20(18-9-5-2-1-3-6-10-18)21-15-17-13-14-22(16-17)26(24,25)19-11-7-4-8-12-19/h4,7-8,11-12,17-18H,1-3,5-6,9-10,13-16H2,(H,21,23). The molecule has 3 rings (SSSR count). The Hall–Kier alpha value is -1.40. The third-order valence-electron chi connectivity index (χ3n) is 5.67. The van der Waals surface area contributed by atoms with E-state index in [-0.39, 0.29) is 17.7 Å². The molecule has 0 radical (unpaired) electrons. The van der Waals surface area contributed by atoms with E-state index in [1.165, 1.54) is 19.3 Å². The fourth-order valence-corrected chi connectivity index (χ4v) is 5.58. The van der Waals surface area contributed by atoms with Gasteiger partial charge < -0.3 is 5.32 Å². The maximum absolute atomic E-state index is 12.7. The first-order chi connectivity index (χ1) is 12.6. The summed E-state index contributed by atoms with van der Waals surface area (Å²) in [4.78, 5) is 12.8. The molecule has 5 nitrogen and oxygen atoms in total. The van der Waals surface area contributed by atoms with Gasteiger partial charge in [0, 0.05) is 25.6 Å². The van der Waals surface area contributed by atoms with Crippen LogP contribution in [0.15, 0.2) is 35.2 Å². The Kier molecular flexibility index (Phi) is 6.70. The lowest BCUT2D eigenvalue weighted by Gasteiger charge is -2.20. The summed E-state index contributed by atoms with van der Waals surface area (Å²) in [6.07, 6.45) is 8.84. The van der Waals surface area contributed by atoms with E-state index in [0.29, 0.717) is 24.5 Å². The van der Waals surface area contributed by atoms with E-state index < -0.39 is 10.0 Å². The van der Waals surface area contributed by atoms with Gasteiger partial charge in [0.05, 0.1) is 4.90 Å². The van der Waals surface area contributed by atoms with Gasteiger partial charge >= 0.3 is 0 Å². The molecule has 1 aliphatic carbocycles. The highest BCUT2D eigenvalue weighted by Crippen LogP contribution is 2.25. The second-order valence-corrected chi connectivity index (χ2v) is 9.56. The molecule has 1 aliphatic heterocycles. The molecule has 1 heterocycles. The fourth-order valence-electron chi connectivity index (χ4n) is 4.03. The first-order valence-electron chi connectivity index (χ1n) is 9.90. The summed E-state index contributed by atoms with van der Waals surface area (Å²) in [6, 6.07) is 8.58. The highest BCUT2D eigenvalue weighted by molar-refractivity contribution is 7.89. The average molecular weight is 379 g/mol. The van der Waals surface area contributed by atoms with Crippen LogP contribution in [-0.2, 0) is 14.8 Å². The van der Waals surface area contributed by atoms with Crippen LogP contribution >= 0.6 is 0 Å². The normalized spacial score (nSPS) is 23.3. The SMILES string of the molecule is O=C(NCC1CCN(S(=O)(=O)c2ccccc2)C1)C1CCCCCCC1. The molecule has 0 bridgehead atoms. The molecule has 1 saturated carbocycles. The lowest BCUT2D eigenvalue weighted by Crippen LogP contribution is -2.36. The molecule has 1 aromatic rings. The second-order valence-electron chi connectivity index (χ2n) is 7.62. The third-order valence-corrected chi connectivity index (χ3v) is 7.55. The highest BCUT2D eigenvalue weighted by Gasteiger charge is 2.32. The predicted molar refractivity (Wildman–Crippen MR) is 102 cm³/mol. The number of rotatable bonds is 5. The zero-order valence-electron chi connectivity index (χ0n) is 15.4. The summed E-state index contributed by atoms with van der Waals surface area (Å²) < 4.78 is 26.9. The van der Waals surface area contributed by atoms with E-state index in [2.05, 4.69) is 5.32 Å². The van der Waals surface area contributed by atoms with Crippen molar-refractivity contribution < 1.29 is 13.2 Å². The summed E-state index contributed by atoms with van der Waals surface area (Å²) in [7, 11) is -3.42. The second kappa shape index (κ2) is 9.00. The van der Waals surface area contributed by atoms with Gasteiger partial charge in [0.25, 0.3) is 0 Å². The largest absolute Gasteiger partial charge is 0.356 e. The van der Waals surface area contributed by atoms with E-state index in [1.54, 1.807) is 28.6 Å². The van der Waals surface area contributed by atoms with Crippen molar-refractivity contribution in [1.29, 1.82) is 0 Å². The van der Waals surface area contributed by atoms with Crippen molar-refractivity contribution in [3.05, 3.63) is 30.3 Å². The molecule has 0 aromatic heterocycles. The Morgan fingerprint density at radius 1 is 1.00 bits per heavy atom. The minimum absolute atomic E-state index is 0.140. The number of hydrogen-bond acceptors (Lipinski definition) is 3. The summed E-state index contributed by atoms with van der Waals surface area (Å²) in [5, 5.41) is 3.09. The lowest BCUT2D eigenvalue weighted by atomic mass is 9.90. The summed E-state index contributed by atoms with van der Waals surface area (Å²) in [5.41, 5.74) is 0. The van der Waals surface area contributed by atoms with Crippen LogP contribution in [0.3, 0.4) is 0 Å². The monoisotopic (exact) mass is 378 g/mol. The molecule has 144 valence electrons. The lowest BCUT2D eigenvalue weighted by molar-refractivity contribution is -0.125. The van der Waals surface area contributed by atoms with Crippen molar-refractivity contribution in [3.8, 4) is 0 Å². The maximum Gasteiger partial charge on any atom is 0.243 e. The van der Waals surface area contributed by atoms with Crippen LogP contribution in [-0.4, -0.2) is 38.3 Å². The van der Waals surface area contributed by atoms with Crippen molar-refractivity contribution in [2.24, 2.45) is 11.8 Å². The van der Waals surface area contributed by atoms with Crippen LogP contribution in [0.4, 0.5) is 0 Å². The first-order valence-corrected chi connectivity index (χ1v) is 11.3. The number of hydrogen-bond donors (Lipinski definition) is 1. The van der Waals surface area contributed by atoms with Crippen molar-refractivity contribution >= 4 is 15.9 Å². The summed E-state index contributed by atoms with van der Waals surface area (Å²) in [5.74, 6) is 0.503. The number of carbonyl (C=O) groups is 1. The molecule has 1 saturated heterocycles. The molecule has 1 atom stereocenters. The van der Waals surface area contributed by atoms with E-state index in [4.69, 9.17) is 0 Å². The van der Waals surface area contributed by atoms with Gasteiger partial charge in [-0.2, -0.15) is 4.31 Å². The molecule has 1 amide bonds. The predicted octanol–water partition coefficient (Wildman–Crippen LogP) is 3.17. The van der Waals surface area contributed by atoms with Crippen LogP contribution in [0.1, 0.15) is 51.4 Å². The Morgan fingerprint density at radius 3 is 2.35 bits per heavy atom. The Balaban J connectivity index is 1.49. The van der Waals surface area contributed by atoms with Gasteiger partial charge in [-0.1, -0.05) is 50.3 Å². The number of carbonyl (C=O) groups excluding carboxylic acids is 1. The Labute approximate surface area is 157 Å². The number of amides is 1. The Morgan fingerprint density at radius 2 is 1.65 bits per heavy atom. The van der Waals surface area contributed by atoms with Crippen molar-refractivity contribution in [1.82, 2.24) is 9.62 Å². The number of nitrogens with one attached hydrogen (secondary N) is 1. The van der Waals surface area contributed by atoms with Gasteiger partial charge in [0.2, 0.25) is 15.9 Å². The maximum atomic E-state index is 12.7. The molecule has 2 aliphatic rings. The zero-order valence-corrected chi connectivity index (χ0v) is 16.2. The van der Waals surface area contributed by atoms with Gasteiger partial charge in [-0.25, -0.2) is 8.42 Å². The summed E-state index contributed by atoms with van der Waals surface area (Å²) in [6.45, 7) is 1.60. The third kappa shape index (κ3) is 4.86. The van der Waals surface area contributed by atoms with Gasteiger partial charge in [-0.05, 0) is 37.3 Å². The Bertz CT molecular complexity index is 682. The van der Waals surface area contributed by atoms with Gasteiger partial charge in [0.1, 0.15) is 0 Å². The minimum atomic E-state index is -3.42. The van der Waals surface area contributed by atoms with E-state index in [1.807, 2.05) is 6.07 Å². The molecule has 0 spiro atoms. The smallest absolute Gasteiger partial charge is 0.243 e. The van der Waals surface area contributed by atoms with E-state index in [0.717, 1.165) is 32.1 Å². The molecule has 2 fully saturated rings. The fraction of sp³-hybridized carbons (Fsp3) is 0.650. The topological polar surface area (TPSA) is 66.5 Å². The zero-order chi connectivity index (χ0) is 18.4. The van der Waals surface area contributed by atoms with Crippen LogP contribution in [0.2, 0.25) is 0 Å². The first kappa shape index (κ1) is 19.4. The molecule has 26 heavy (non-hydrogen) atoms. The molecular formula is C20H30N2O3S. The van der Waals surface area contributed by atoms with Crippen molar-refractivity contribution in [2.45, 2.75) is 56.3 Å². The molecule has 1 N–H and O–H groups in total. The number of sulfonamides is 1. The number of benzene rings is 1. The van der Waals surface area contributed by atoms with Crippen LogP contribution in [0.25, 0.3) is 0 Å². The number of nitrogens with zero attached hydrogens (tertiary/aromatic N) is 1. The summed E-state index contributed by atoms with van der Waals surface area (Å²) >= 11 is 0. The van der Waals surface area contributed by atoms with Gasteiger partial charge in [0.15, 0.2) is 0 Å². The quantitative estimate of drug-likeness (QED) is 0.856. The van der Waals surface area contributed by atoms with Gasteiger partial charge in [-0.15, -0.1) is 0 Å². The highest BCUT2D eigenvalue weighted by atomic mass is 32.2. The molecule has 6 heteroatoms. The van der Waals surface area contributed by atoms with Crippen LogP contribution < -0.4 is 5.32 Å². The minimum Gasteiger partial charge on any atom is -0.356 e. The van der Waals surface area contributed by atoms with Crippen molar-refractivity contribution in [3.63, 3.8) is 0 Å². The van der Waals surface area contributed by atoms with Crippen LogP contribution in [0, 0.1) is 11.8 Å². The van der Waals surface area contributed by atoms with Crippen molar-refractivity contribution in [2.75, 3.05) is 19.6 Å². The van der Waals surface area contributed by atoms with Gasteiger partial charge in [-0.3, -0.25) is 4.79 Å². The average Bonchev–Trinajstić information content (AvgIpc) is 3.10. The molecular weight excluding hydrogens is 348 g/mol. The molecule has 1 aromatic carbocycles. The van der Waals surface area contributed by atoms with Crippen LogP contribution in [0.5, 0.6) is 0 Å². The van der Waals surface area contributed by atoms with E-state index in [9.17, 15) is 13.2 Å². The molecule has 1 unspecified atom stereocenters.